The lowest BCUT2D eigenvalue weighted by Gasteiger charge is -2.28. The molecule has 1 fully saturated rings. The highest BCUT2D eigenvalue weighted by Gasteiger charge is 2.18. The van der Waals surface area contributed by atoms with E-state index in [1.54, 1.807) is 0 Å². The third-order valence-electron chi connectivity index (χ3n) is 3.10. The van der Waals surface area contributed by atoms with E-state index in [-0.39, 0.29) is 5.92 Å². The van der Waals surface area contributed by atoms with Gasteiger partial charge < -0.3 is 0 Å². The molecule has 0 saturated carbocycles. The van der Waals surface area contributed by atoms with Crippen molar-refractivity contribution < 1.29 is 8.78 Å². The van der Waals surface area contributed by atoms with Gasteiger partial charge in [-0.2, -0.15) is 5.26 Å². The average Bonchev–Trinajstić information content (AvgIpc) is 2.28. The van der Waals surface area contributed by atoms with Gasteiger partial charge >= 0.3 is 0 Å². The van der Waals surface area contributed by atoms with Gasteiger partial charge in [-0.3, -0.25) is 4.90 Å². The number of nitriles is 1. The minimum absolute atomic E-state index is 0.135. The van der Waals surface area contributed by atoms with Crippen molar-refractivity contribution in [2.75, 3.05) is 13.1 Å². The van der Waals surface area contributed by atoms with Crippen LogP contribution >= 0.6 is 0 Å². The van der Waals surface area contributed by atoms with Crippen molar-refractivity contribution in [2.45, 2.75) is 19.4 Å². The van der Waals surface area contributed by atoms with Crippen LogP contribution in [0.1, 0.15) is 18.4 Å². The van der Waals surface area contributed by atoms with Gasteiger partial charge in [0, 0.05) is 18.5 Å². The summed E-state index contributed by atoms with van der Waals surface area (Å²) in [5.74, 6) is -0.936. The predicted molar refractivity (Wildman–Crippen MR) is 60.0 cm³/mol. The smallest absolute Gasteiger partial charge is 0.126 e. The third kappa shape index (κ3) is 3.24. The molecular formula is C13H14F2N2. The Morgan fingerprint density at radius 3 is 2.29 bits per heavy atom. The molecule has 1 aromatic carbocycles. The molecule has 2 rings (SSSR count). The first kappa shape index (κ1) is 12.0. The van der Waals surface area contributed by atoms with Gasteiger partial charge in [0.2, 0.25) is 0 Å². The topological polar surface area (TPSA) is 27.0 Å². The summed E-state index contributed by atoms with van der Waals surface area (Å²) in [5, 5.41) is 8.77. The second kappa shape index (κ2) is 5.24. The van der Waals surface area contributed by atoms with Gasteiger partial charge in [-0.1, -0.05) is 0 Å². The molecule has 17 heavy (non-hydrogen) atoms. The molecule has 0 radical (unpaired) electrons. The number of hydrogen-bond donors (Lipinski definition) is 0. The first-order chi connectivity index (χ1) is 8.17. The van der Waals surface area contributed by atoms with Crippen LogP contribution in [-0.4, -0.2) is 18.0 Å². The van der Waals surface area contributed by atoms with Gasteiger partial charge in [0.15, 0.2) is 0 Å². The van der Waals surface area contributed by atoms with E-state index in [2.05, 4.69) is 11.0 Å². The van der Waals surface area contributed by atoms with Crippen molar-refractivity contribution in [1.82, 2.24) is 4.90 Å². The summed E-state index contributed by atoms with van der Waals surface area (Å²) < 4.78 is 26.0. The molecule has 1 aromatic rings. The molecule has 0 unspecified atom stereocenters. The van der Waals surface area contributed by atoms with Gasteiger partial charge in [0.05, 0.1) is 6.07 Å². The number of hydrogen-bond acceptors (Lipinski definition) is 2. The maximum Gasteiger partial charge on any atom is 0.126 e. The first-order valence-corrected chi connectivity index (χ1v) is 5.74. The number of nitrogens with zero attached hydrogens (tertiary/aromatic N) is 2. The van der Waals surface area contributed by atoms with E-state index in [0.717, 1.165) is 32.0 Å². The lowest BCUT2D eigenvalue weighted by atomic mass is 9.98. The standard InChI is InChI=1S/C13H14F2N2/c14-12-5-11(6-13(15)7-12)9-17-3-1-10(8-16)2-4-17/h5-7,10H,1-4,9H2. The van der Waals surface area contributed by atoms with E-state index in [4.69, 9.17) is 5.26 Å². The highest BCUT2D eigenvalue weighted by Crippen LogP contribution is 2.18. The fourth-order valence-electron chi connectivity index (χ4n) is 2.18. The van der Waals surface area contributed by atoms with E-state index in [1.165, 1.54) is 12.1 Å². The molecule has 0 spiro atoms. The molecule has 0 N–H and O–H groups in total. The lowest BCUT2D eigenvalue weighted by molar-refractivity contribution is 0.198. The quantitative estimate of drug-likeness (QED) is 0.789. The predicted octanol–water partition coefficient (Wildman–Crippen LogP) is 2.70. The largest absolute Gasteiger partial charge is 0.299 e. The molecule has 1 aliphatic heterocycles. The van der Waals surface area contributed by atoms with E-state index in [9.17, 15) is 8.78 Å². The van der Waals surface area contributed by atoms with Crippen molar-refractivity contribution in [3.8, 4) is 6.07 Å². The zero-order chi connectivity index (χ0) is 12.3. The fourth-order valence-corrected chi connectivity index (χ4v) is 2.18. The van der Waals surface area contributed by atoms with Crippen LogP contribution in [-0.2, 0) is 6.54 Å². The maximum atomic E-state index is 13.0. The monoisotopic (exact) mass is 236 g/mol. The van der Waals surface area contributed by atoms with E-state index < -0.39 is 11.6 Å². The molecule has 90 valence electrons. The number of likely N-dealkylation sites (tertiary alicyclic amines) is 1. The first-order valence-electron chi connectivity index (χ1n) is 5.74. The van der Waals surface area contributed by atoms with Crippen LogP contribution in [0.15, 0.2) is 18.2 Å². The maximum absolute atomic E-state index is 13.0. The summed E-state index contributed by atoms with van der Waals surface area (Å²) in [6.45, 7) is 2.18. The Labute approximate surface area is 99.5 Å². The van der Waals surface area contributed by atoms with E-state index >= 15 is 0 Å². The van der Waals surface area contributed by atoms with E-state index in [1.807, 2.05) is 0 Å². The minimum Gasteiger partial charge on any atom is -0.299 e. The molecular weight excluding hydrogens is 222 g/mol. The minimum atomic E-state index is -0.535. The Morgan fingerprint density at radius 1 is 1.18 bits per heavy atom. The number of benzene rings is 1. The van der Waals surface area contributed by atoms with Crippen LogP contribution in [0.2, 0.25) is 0 Å². The lowest BCUT2D eigenvalue weighted by Crippen LogP contribution is -2.32. The zero-order valence-electron chi connectivity index (χ0n) is 9.50. The molecule has 1 aliphatic rings. The van der Waals surface area contributed by atoms with Crippen molar-refractivity contribution in [1.29, 1.82) is 5.26 Å². The molecule has 2 nitrogen and oxygen atoms in total. The van der Waals surface area contributed by atoms with Crippen molar-refractivity contribution in [3.63, 3.8) is 0 Å². The molecule has 0 bridgehead atoms. The van der Waals surface area contributed by atoms with Crippen LogP contribution in [0, 0.1) is 28.9 Å². The molecule has 1 saturated heterocycles. The zero-order valence-corrected chi connectivity index (χ0v) is 9.50. The summed E-state index contributed by atoms with van der Waals surface area (Å²) in [4.78, 5) is 2.13. The van der Waals surface area contributed by atoms with Gasteiger partial charge in [-0.15, -0.1) is 0 Å². The normalized spacial score (nSPS) is 17.9. The number of piperidine rings is 1. The summed E-state index contributed by atoms with van der Waals surface area (Å²) >= 11 is 0. The molecule has 0 aliphatic carbocycles. The van der Waals surface area contributed by atoms with Gasteiger partial charge in [-0.05, 0) is 43.6 Å². The van der Waals surface area contributed by atoms with Gasteiger partial charge in [-0.25, -0.2) is 8.78 Å². The summed E-state index contributed by atoms with van der Waals surface area (Å²) in [6, 6.07) is 5.86. The Bertz CT molecular complexity index is 411. The Balaban J connectivity index is 1.96. The highest BCUT2D eigenvalue weighted by molar-refractivity contribution is 5.17. The van der Waals surface area contributed by atoms with Crippen LogP contribution in [0.5, 0.6) is 0 Å². The highest BCUT2D eigenvalue weighted by atomic mass is 19.1. The Hall–Kier alpha value is -1.47. The van der Waals surface area contributed by atoms with E-state index in [0.29, 0.717) is 12.1 Å². The molecule has 4 heteroatoms. The van der Waals surface area contributed by atoms with Crippen LogP contribution in [0.3, 0.4) is 0 Å². The Kier molecular flexibility index (Phi) is 3.70. The summed E-state index contributed by atoms with van der Waals surface area (Å²) in [6.07, 6.45) is 1.68. The molecule has 0 aromatic heterocycles. The molecule has 0 amide bonds. The SMILES string of the molecule is N#CC1CCN(Cc2cc(F)cc(F)c2)CC1. The van der Waals surface area contributed by atoms with Gasteiger partial charge in [0.25, 0.3) is 0 Å². The van der Waals surface area contributed by atoms with Crippen molar-refractivity contribution in [3.05, 3.63) is 35.4 Å². The summed E-state index contributed by atoms with van der Waals surface area (Å²) in [7, 11) is 0. The molecule has 1 heterocycles. The van der Waals surface area contributed by atoms with Gasteiger partial charge in [0.1, 0.15) is 11.6 Å². The second-order valence-corrected chi connectivity index (χ2v) is 4.46. The fraction of sp³-hybridized carbons (Fsp3) is 0.462. The molecule has 0 atom stereocenters. The van der Waals surface area contributed by atoms with Crippen LogP contribution < -0.4 is 0 Å². The van der Waals surface area contributed by atoms with Crippen LogP contribution in [0.25, 0.3) is 0 Å². The average molecular weight is 236 g/mol. The second-order valence-electron chi connectivity index (χ2n) is 4.46. The summed E-state index contributed by atoms with van der Waals surface area (Å²) in [5.41, 5.74) is 0.651. The van der Waals surface area contributed by atoms with Crippen molar-refractivity contribution >= 4 is 0 Å². The van der Waals surface area contributed by atoms with Crippen LogP contribution in [0.4, 0.5) is 8.78 Å². The Morgan fingerprint density at radius 2 is 1.76 bits per heavy atom. The third-order valence-corrected chi connectivity index (χ3v) is 3.10. The number of rotatable bonds is 2. The van der Waals surface area contributed by atoms with Crippen molar-refractivity contribution in [2.24, 2.45) is 5.92 Å². The number of halogens is 2.